The molecule has 1 aliphatic heterocycles. The lowest BCUT2D eigenvalue weighted by Crippen LogP contribution is -2.36. The largest absolute Gasteiger partial charge is 0.378 e. The quantitative estimate of drug-likeness (QED) is 0.791. The van der Waals surface area contributed by atoms with E-state index in [9.17, 15) is 4.79 Å². The second-order valence-corrected chi connectivity index (χ2v) is 6.54. The van der Waals surface area contributed by atoms with Gasteiger partial charge in [0.2, 0.25) is 5.91 Å². The van der Waals surface area contributed by atoms with Crippen molar-refractivity contribution in [3.8, 4) is 0 Å². The molecular formula is C17H18N4O2S. The lowest BCUT2D eigenvalue weighted by Gasteiger charge is -2.30. The van der Waals surface area contributed by atoms with Gasteiger partial charge in [0.1, 0.15) is 0 Å². The molecule has 0 spiro atoms. The standard InChI is InChI=1S/C17H18N4O2S/c22-16(11-13-12-21-7-10-24-17(21)18-13)19-14-3-1-2-4-15(14)20-5-8-23-9-6-20/h1-4,7,10,12H,5-6,8-9,11H2,(H,19,22). The van der Waals surface area contributed by atoms with E-state index in [1.54, 1.807) is 11.3 Å². The van der Waals surface area contributed by atoms with Crippen molar-refractivity contribution >= 4 is 33.6 Å². The van der Waals surface area contributed by atoms with Crippen molar-refractivity contribution in [2.24, 2.45) is 0 Å². The summed E-state index contributed by atoms with van der Waals surface area (Å²) >= 11 is 1.56. The number of amides is 1. The summed E-state index contributed by atoms with van der Waals surface area (Å²) in [6.45, 7) is 3.11. The SMILES string of the molecule is O=C(Cc1cn2ccsc2n1)Nc1ccccc1N1CCOCC1. The van der Waals surface area contributed by atoms with Gasteiger partial charge in [-0.05, 0) is 12.1 Å². The third kappa shape index (κ3) is 3.13. The second kappa shape index (κ2) is 6.62. The highest BCUT2D eigenvalue weighted by Gasteiger charge is 2.16. The number of para-hydroxylation sites is 2. The van der Waals surface area contributed by atoms with Gasteiger partial charge in [-0.3, -0.25) is 9.20 Å². The minimum atomic E-state index is -0.0542. The van der Waals surface area contributed by atoms with Crippen molar-refractivity contribution in [2.45, 2.75) is 6.42 Å². The Morgan fingerprint density at radius 1 is 1.29 bits per heavy atom. The summed E-state index contributed by atoms with van der Waals surface area (Å²) in [5.74, 6) is -0.0542. The molecule has 0 radical (unpaired) electrons. The maximum Gasteiger partial charge on any atom is 0.230 e. The third-order valence-corrected chi connectivity index (χ3v) is 4.79. The first kappa shape index (κ1) is 15.2. The van der Waals surface area contributed by atoms with E-state index >= 15 is 0 Å². The number of thiazole rings is 1. The first-order valence-electron chi connectivity index (χ1n) is 7.92. The molecule has 1 N–H and O–H groups in total. The van der Waals surface area contributed by atoms with Gasteiger partial charge >= 0.3 is 0 Å². The van der Waals surface area contributed by atoms with Crippen LogP contribution in [0.25, 0.3) is 4.96 Å². The van der Waals surface area contributed by atoms with Crippen molar-refractivity contribution in [1.82, 2.24) is 9.38 Å². The van der Waals surface area contributed by atoms with Crippen LogP contribution >= 0.6 is 11.3 Å². The van der Waals surface area contributed by atoms with Crippen molar-refractivity contribution in [2.75, 3.05) is 36.5 Å². The van der Waals surface area contributed by atoms with Gasteiger partial charge in [0, 0.05) is 30.9 Å². The van der Waals surface area contributed by atoms with E-state index in [2.05, 4.69) is 15.2 Å². The molecule has 0 aliphatic carbocycles. The summed E-state index contributed by atoms with van der Waals surface area (Å²) in [7, 11) is 0. The third-order valence-electron chi connectivity index (χ3n) is 4.01. The zero-order valence-electron chi connectivity index (χ0n) is 13.1. The molecule has 7 heteroatoms. The molecule has 0 atom stereocenters. The minimum absolute atomic E-state index is 0.0542. The molecule has 1 saturated heterocycles. The van der Waals surface area contributed by atoms with Gasteiger partial charge in [-0.15, -0.1) is 11.3 Å². The maximum atomic E-state index is 12.4. The Labute approximate surface area is 143 Å². The Hall–Kier alpha value is -2.38. The van der Waals surface area contributed by atoms with Gasteiger partial charge in [-0.2, -0.15) is 0 Å². The van der Waals surface area contributed by atoms with E-state index < -0.39 is 0 Å². The molecule has 3 heterocycles. The zero-order valence-corrected chi connectivity index (χ0v) is 14.0. The van der Waals surface area contributed by atoms with Gasteiger partial charge < -0.3 is 15.0 Å². The fourth-order valence-electron chi connectivity index (χ4n) is 2.88. The van der Waals surface area contributed by atoms with E-state index in [4.69, 9.17) is 4.74 Å². The number of hydrogen-bond donors (Lipinski definition) is 1. The maximum absolute atomic E-state index is 12.4. The first-order chi connectivity index (χ1) is 11.8. The molecule has 1 amide bonds. The van der Waals surface area contributed by atoms with Crippen molar-refractivity contribution in [3.05, 3.63) is 47.7 Å². The summed E-state index contributed by atoms with van der Waals surface area (Å²) < 4.78 is 7.34. The van der Waals surface area contributed by atoms with Crippen LogP contribution < -0.4 is 10.2 Å². The number of carbonyl (C=O) groups is 1. The van der Waals surface area contributed by atoms with E-state index in [-0.39, 0.29) is 12.3 Å². The average molecular weight is 342 g/mol. The van der Waals surface area contributed by atoms with Crippen LogP contribution in [0.1, 0.15) is 5.69 Å². The van der Waals surface area contributed by atoms with Crippen LogP contribution in [0.2, 0.25) is 0 Å². The smallest absolute Gasteiger partial charge is 0.230 e. The number of carbonyl (C=O) groups excluding carboxylic acids is 1. The number of anilines is 2. The van der Waals surface area contributed by atoms with Crippen LogP contribution in [0.3, 0.4) is 0 Å². The normalized spacial score (nSPS) is 14.9. The van der Waals surface area contributed by atoms with Crippen molar-refractivity contribution in [1.29, 1.82) is 0 Å². The van der Waals surface area contributed by atoms with E-state index in [0.717, 1.165) is 35.1 Å². The monoisotopic (exact) mass is 342 g/mol. The summed E-state index contributed by atoms with van der Waals surface area (Å²) in [6, 6.07) is 7.90. The number of nitrogens with zero attached hydrogens (tertiary/aromatic N) is 3. The van der Waals surface area contributed by atoms with Gasteiger partial charge in [-0.25, -0.2) is 4.98 Å². The number of morpholine rings is 1. The van der Waals surface area contributed by atoms with E-state index in [1.165, 1.54) is 0 Å². The summed E-state index contributed by atoms with van der Waals surface area (Å²) in [5.41, 5.74) is 2.66. The molecule has 1 fully saturated rings. The summed E-state index contributed by atoms with van der Waals surface area (Å²) in [5, 5.41) is 5.00. The van der Waals surface area contributed by atoms with Crippen LogP contribution in [0.4, 0.5) is 11.4 Å². The summed E-state index contributed by atoms with van der Waals surface area (Å²) in [6.07, 6.45) is 4.12. The fraction of sp³-hybridized carbons (Fsp3) is 0.294. The van der Waals surface area contributed by atoms with Gasteiger partial charge in [0.05, 0.1) is 36.7 Å². The van der Waals surface area contributed by atoms with Crippen LogP contribution in [0, 0.1) is 0 Å². The van der Waals surface area contributed by atoms with Crippen molar-refractivity contribution < 1.29 is 9.53 Å². The Morgan fingerprint density at radius 3 is 2.96 bits per heavy atom. The fourth-order valence-corrected chi connectivity index (χ4v) is 3.60. The van der Waals surface area contributed by atoms with Crippen LogP contribution in [-0.2, 0) is 16.0 Å². The predicted molar refractivity (Wildman–Crippen MR) is 94.9 cm³/mol. The van der Waals surface area contributed by atoms with E-state index in [0.29, 0.717) is 13.2 Å². The zero-order chi connectivity index (χ0) is 16.4. The Bertz CT molecular complexity index is 823. The highest BCUT2D eigenvalue weighted by Crippen LogP contribution is 2.26. The van der Waals surface area contributed by atoms with Crippen LogP contribution in [-0.4, -0.2) is 41.6 Å². The Morgan fingerprint density at radius 2 is 2.12 bits per heavy atom. The highest BCUT2D eigenvalue weighted by molar-refractivity contribution is 7.15. The Kier molecular flexibility index (Phi) is 4.18. The van der Waals surface area contributed by atoms with Gasteiger partial charge in [-0.1, -0.05) is 12.1 Å². The number of imidazole rings is 1. The second-order valence-electron chi connectivity index (χ2n) is 5.67. The molecule has 4 rings (SSSR count). The van der Waals surface area contributed by atoms with E-state index in [1.807, 2.05) is 46.4 Å². The minimum Gasteiger partial charge on any atom is -0.378 e. The average Bonchev–Trinajstić information content (AvgIpc) is 3.17. The summed E-state index contributed by atoms with van der Waals surface area (Å²) in [4.78, 5) is 20.0. The molecule has 24 heavy (non-hydrogen) atoms. The van der Waals surface area contributed by atoms with Crippen molar-refractivity contribution in [3.63, 3.8) is 0 Å². The van der Waals surface area contributed by atoms with Crippen LogP contribution in [0.15, 0.2) is 42.0 Å². The Balaban J connectivity index is 1.48. The lowest BCUT2D eigenvalue weighted by atomic mass is 10.2. The predicted octanol–water partition coefficient (Wildman–Crippen LogP) is 2.41. The number of fused-ring (bicyclic) bond motifs is 1. The first-order valence-corrected chi connectivity index (χ1v) is 8.80. The molecule has 1 aromatic carbocycles. The molecule has 0 saturated carbocycles. The van der Waals surface area contributed by atoms with Gasteiger partial charge in [0.15, 0.2) is 4.96 Å². The topological polar surface area (TPSA) is 58.9 Å². The molecule has 0 unspecified atom stereocenters. The molecule has 6 nitrogen and oxygen atoms in total. The highest BCUT2D eigenvalue weighted by atomic mass is 32.1. The number of benzene rings is 1. The number of hydrogen-bond acceptors (Lipinski definition) is 5. The number of rotatable bonds is 4. The van der Waals surface area contributed by atoms with Gasteiger partial charge in [0.25, 0.3) is 0 Å². The lowest BCUT2D eigenvalue weighted by molar-refractivity contribution is -0.115. The molecule has 0 bridgehead atoms. The molecule has 1 aliphatic rings. The number of nitrogens with one attached hydrogen (secondary N) is 1. The number of aromatic nitrogens is 2. The molecular weight excluding hydrogens is 324 g/mol. The molecule has 124 valence electrons. The van der Waals surface area contributed by atoms with Crippen LogP contribution in [0.5, 0.6) is 0 Å². The number of ether oxygens (including phenoxy) is 1. The molecule has 3 aromatic rings. The molecule has 2 aromatic heterocycles.